The number of amides is 4. The van der Waals surface area contributed by atoms with Gasteiger partial charge in [-0.1, -0.05) is 0 Å². The average Bonchev–Trinajstić information content (AvgIpc) is 3.24. The molecule has 0 bridgehead atoms. The van der Waals surface area contributed by atoms with Crippen LogP contribution in [0.3, 0.4) is 0 Å². The summed E-state index contributed by atoms with van der Waals surface area (Å²) < 4.78 is 17.4. The van der Waals surface area contributed by atoms with Crippen molar-refractivity contribution >= 4 is 24.0 Å². The van der Waals surface area contributed by atoms with Crippen molar-refractivity contribution in [3.8, 4) is 22.9 Å². The molecular formula is C31H43N5O9. The van der Waals surface area contributed by atoms with Gasteiger partial charge in [0.15, 0.2) is 22.9 Å². The van der Waals surface area contributed by atoms with Gasteiger partial charge in [0.25, 0.3) is 11.8 Å². The van der Waals surface area contributed by atoms with E-state index in [-0.39, 0.29) is 63.7 Å². The minimum Gasteiger partial charge on any atom is -0.503 e. The van der Waals surface area contributed by atoms with E-state index in [1.165, 1.54) is 31.3 Å². The van der Waals surface area contributed by atoms with Gasteiger partial charge in [-0.3, -0.25) is 14.2 Å². The summed E-state index contributed by atoms with van der Waals surface area (Å²) in [4.78, 5) is 58.8. The topological polar surface area (TPSA) is 154 Å². The molecule has 2 N–H and O–H groups in total. The molecule has 1 aromatic carbocycles. The Hall–Kier alpha value is -4.62. The number of ether oxygens (including phenoxy) is 3. The number of carbonyl (C=O) groups is 4. The second-order valence-electron chi connectivity index (χ2n) is 12.9. The lowest BCUT2D eigenvalue weighted by atomic mass is 10.2. The van der Waals surface area contributed by atoms with E-state index in [9.17, 15) is 29.4 Å². The first kappa shape index (κ1) is 33.3. The number of hydrogen-bond donors (Lipinski definition) is 2. The Kier molecular flexibility index (Phi) is 9.45. The normalized spacial score (nSPS) is 16.0. The van der Waals surface area contributed by atoms with E-state index in [2.05, 4.69) is 0 Å². The zero-order valence-corrected chi connectivity index (χ0v) is 27.0. The molecule has 14 heteroatoms. The van der Waals surface area contributed by atoms with Gasteiger partial charge in [0.2, 0.25) is 0 Å². The zero-order chi connectivity index (χ0) is 33.3. The molecule has 14 nitrogen and oxygen atoms in total. The van der Waals surface area contributed by atoms with Gasteiger partial charge in [0.05, 0.1) is 7.11 Å². The molecule has 0 unspecified atom stereocenters. The van der Waals surface area contributed by atoms with Crippen LogP contribution in [0.1, 0.15) is 62.5 Å². The van der Waals surface area contributed by atoms with Crippen molar-refractivity contribution in [2.45, 2.75) is 52.7 Å². The van der Waals surface area contributed by atoms with Crippen molar-refractivity contribution in [1.29, 1.82) is 0 Å². The number of methoxy groups -OCH3 is 1. The average molecular weight is 630 g/mol. The lowest BCUT2D eigenvalue weighted by molar-refractivity contribution is 0.0136. The summed E-state index contributed by atoms with van der Waals surface area (Å²) in [7, 11) is 1.50. The van der Waals surface area contributed by atoms with Gasteiger partial charge in [0.1, 0.15) is 17.0 Å². The summed E-state index contributed by atoms with van der Waals surface area (Å²) in [6.45, 7) is 12.0. The number of aromatic hydroxyl groups is 2. The van der Waals surface area contributed by atoms with E-state index in [1.54, 1.807) is 65.8 Å². The third-order valence-electron chi connectivity index (χ3n) is 7.29. The third-order valence-corrected chi connectivity index (χ3v) is 7.29. The van der Waals surface area contributed by atoms with Crippen LogP contribution in [0.15, 0.2) is 24.3 Å². The van der Waals surface area contributed by atoms with Gasteiger partial charge in [-0.05, 0) is 65.8 Å². The largest absolute Gasteiger partial charge is 0.503 e. The van der Waals surface area contributed by atoms with Crippen molar-refractivity contribution in [3.63, 3.8) is 0 Å². The van der Waals surface area contributed by atoms with E-state index < -0.39 is 46.7 Å². The fourth-order valence-electron chi connectivity index (χ4n) is 5.07. The van der Waals surface area contributed by atoms with E-state index in [4.69, 9.17) is 14.2 Å². The summed E-state index contributed by atoms with van der Waals surface area (Å²) >= 11 is 0. The minimum atomic E-state index is -0.735. The zero-order valence-electron chi connectivity index (χ0n) is 27.0. The summed E-state index contributed by atoms with van der Waals surface area (Å²) in [6, 6.07) is 6.47. The molecule has 3 heterocycles. The Labute approximate surface area is 262 Å². The number of benzene rings is 1. The van der Waals surface area contributed by atoms with Crippen LogP contribution >= 0.6 is 0 Å². The highest BCUT2D eigenvalue weighted by Crippen LogP contribution is 2.40. The molecular weight excluding hydrogens is 586 g/mol. The molecule has 4 rings (SSSR count). The molecule has 246 valence electrons. The summed E-state index contributed by atoms with van der Waals surface area (Å²) in [5.41, 5.74) is -1.59. The van der Waals surface area contributed by atoms with E-state index >= 15 is 0 Å². The Balaban J connectivity index is 1.62. The van der Waals surface area contributed by atoms with E-state index in [0.717, 1.165) is 0 Å². The number of carbonyl (C=O) groups excluding carboxylic acids is 4. The second-order valence-corrected chi connectivity index (χ2v) is 12.9. The van der Waals surface area contributed by atoms with Crippen LogP contribution in [0, 0.1) is 0 Å². The molecule has 2 aliphatic rings. The smallest absolute Gasteiger partial charge is 0.410 e. The number of rotatable bonds is 4. The molecule has 2 saturated heterocycles. The second kappa shape index (κ2) is 12.8. The van der Waals surface area contributed by atoms with Crippen LogP contribution in [0.4, 0.5) is 9.59 Å². The van der Waals surface area contributed by atoms with Crippen molar-refractivity contribution in [3.05, 3.63) is 35.7 Å². The molecule has 0 spiro atoms. The molecule has 1 aromatic heterocycles. The summed E-state index contributed by atoms with van der Waals surface area (Å²) in [5.74, 6) is -2.20. The van der Waals surface area contributed by atoms with Gasteiger partial charge >= 0.3 is 12.2 Å². The molecule has 0 atom stereocenters. The van der Waals surface area contributed by atoms with Crippen molar-refractivity contribution in [1.82, 2.24) is 24.2 Å². The quantitative estimate of drug-likeness (QED) is 0.519. The van der Waals surface area contributed by atoms with Gasteiger partial charge in [-0.15, -0.1) is 0 Å². The highest BCUT2D eigenvalue weighted by molar-refractivity contribution is 6.04. The molecule has 0 aliphatic carbocycles. The van der Waals surface area contributed by atoms with Crippen LogP contribution in [-0.2, 0) is 9.47 Å². The maximum atomic E-state index is 13.9. The molecule has 4 amide bonds. The first-order valence-electron chi connectivity index (χ1n) is 14.9. The van der Waals surface area contributed by atoms with Gasteiger partial charge in [-0.25, -0.2) is 9.59 Å². The Morgan fingerprint density at radius 3 is 1.24 bits per heavy atom. The fraction of sp³-hybridized carbons (Fsp3) is 0.548. The summed E-state index contributed by atoms with van der Waals surface area (Å²) in [6.07, 6.45) is -0.979. The Morgan fingerprint density at radius 1 is 0.600 bits per heavy atom. The number of piperazine rings is 2. The lowest BCUT2D eigenvalue weighted by Gasteiger charge is -2.36. The highest BCUT2D eigenvalue weighted by atomic mass is 16.6. The van der Waals surface area contributed by atoms with Gasteiger partial charge in [-0.2, -0.15) is 0 Å². The highest BCUT2D eigenvalue weighted by Gasteiger charge is 2.38. The van der Waals surface area contributed by atoms with Gasteiger partial charge < -0.3 is 44.0 Å². The maximum Gasteiger partial charge on any atom is 0.410 e. The maximum absolute atomic E-state index is 13.9. The van der Waals surface area contributed by atoms with Crippen molar-refractivity contribution in [2.24, 2.45) is 0 Å². The van der Waals surface area contributed by atoms with Crippen molar-refractivity contribution in [2.75, 3.05) is 59.5 Å². The number of aromatic nitrogens is 1. The van der Waals surface area contributed by atoms with E-state index in [1.807, 2.05) is 0 Å². The van der Waals surface area contributed by atoms with Crippen LogP contribution in [0.2, 0.25) is 0 Å². The van der Waals surface area contributed by atoms with E-state index in [0.29, 0.717) is 11.4 Å². The van der Waals surface area contributed by atoms with Crippen LogP contribution in [-0.4, -0.2) is 129 Å². The fourth-order valence-corrected chi connectivity index (χ4v) is 5.07. The van der Waals surface area contributed by atoms with Crippen molar-refractivity contribution < 1.29 is 43.6 Å². The van der Waals surface area contributed by atoms with Crippen LogP contribution in [0.25, 0.3) is 5.69 Å². The first-order valence-corrected chi connectivity index (χ1v) is 14.9. The predicted octanol–water partition coefficient (Wildman–Crippen LogP) is 3.28. The lowest BCUT2D eigenvalue weighted by Crippen LogP contribution is -2.52. The molecule has 2 fully saturated rings. The Bertz CT molecular complexity index is 1340. The van der Waals surface area contributed by atoms with Crippen LogP contribution in [0.5, 0.6) is 17.2 Å². The number of hydrogen-bond acceptors (Lipinski definition) is 9. The standard InChI is InChI=1S/C31H43N5O9/c1-30(2,3)44-28(41)34-16-12-32(13-17-34)26(39)22-24(37)25(38)23(36(22)20-8-10-21(43-7)11-9-20)27(40)33-14-18-35(19-15-33)29(42)45-31(4,5)6/h8-11,37-38H,12-19H2,1-7H3. The molecule has 0 radical (unpaired) electrons. The first-order chi connectivity index (χ1) is 21.0. The predicted molar refractivity (Wildman–Crippen MR) is 163 cm³/mol. The molecule has 0 saturated carbocycles. The molecule has 2 aromatic rings. The summed E-state index contributed by atoms with van der Waals surface area (Å²) in [5, 5.41) is 22.3. The molecule has 2 aliphatic heterocycles. The third kappa shape index (κ3) is 7.55. The SMILES string of the molecule is COc1ccc(-n2c(C(=O)N3CCN(C(=O)OC(C)(C)C)CC3)c(O)c(O)c2C(=O)N2CCN(C(=O)OC(C)(C)C)CC2)cc1. The Morgan fingerprint density at radius 2 is 0.933 bits per heavy atom. The van der Waals surface area contributed by atoms with Gasteiger partial charge in [0, 0.05) is 58.0 Å². The molecule has 45 heavy (non-hydrogen) atoms. The minimum absolute atomic E-state index is 0.141. The van der Waals surface area contributed by atoms with Crippen LogP contribution < -0.4 is 4.74 Å². The number of nitrogens with zero attached hydrogens (tertiary/aromatic N) is 5. The monoisotopic (exact) mass is 629 g/mol.